The van der Waals surface area contributed by atoms with Gasteiger partial charge in [-0.25, -0.2) is 0 Å². The van der Waals surface area contributed by atoms with Crippen LogP contribution in [-0.4, -0.2) is 30.5 Å². The highest BCUT2D eigenvalue weighted by molar-refractivity contribution is 5.43. The van der Waals surface area contributed by atoms with Gasteiger partial charge in [0.2, 0.25) is 0 Å². The molecule has 90 valence electrons. The Hall–Kier alpha value is -2.13. The summed E-state index contributed by atoms with van der Waals surface area (Å²) in [6, 6.07) is 6.44. The summed E-state index contributed by atoms with van der Waals surface area (Å²) < 4.78 is 5.13. The highest BCUT2D eigenvalue weighted by Gasteiger charge is 2.12. The Labute approximate surface area is 99.2 Å². The number of non-ortho nitro benzene ring substituents is 1. The van der Waals surface area contributed by atoms with Gasteiger partial charge < -0.3 is 4.74 Å². The monoisotopic (exact) mass is 235 g/mol. The van der Waals surface area contributed by atoms with Crippen molar-refractivity contribution in [2.75, 3.05) is 20.7 Å². The van der Waals surface area contributed by atoms with Gasteiger partial charge in [-0.05, 0) is 13.1 Å². The average Bonchev–Trinajstić information content (AvgIpc) is 2.29. The number of nitrogens with zero attached hydrogens (tertiary/aromatic N) is 3. The second-order valence-electron chi connectivity index (χ2n) is 3.58. The van der Waals surface area contributed by atoms with Crippen LogP contribution < -0.4 is 4.74 Å². The fourth-order valence-corrected chi connectivity index (χ4v) is 1.47. The van der Waals surface area contributed by atoms with Crippen LogP contribution in [-0.2, 0) is 6.54 Å². The van der Waals surface area contributed by atoms with Crippen molar-refractivity contribution in [2.45, 2.75) is 6.54 Å². The molecule has 1 aromatic carbocycles. The average molecular weight is 235 g/mol. The summed E-state index contributed by atoms with van der Waals surface area (Å²) in [6.07, 6.45) is 0. The molecule has 0 fully saturated rings. The van der Waals surface area contributed by atoms with Crippen LogP contribution in [0.4, 0.5) is 5.69 Å². The molecule has 0 aliphatic rings. The van der Waals surface area contributed by atoms with E-state index in [2.05, 4.69) is 0 Å². The largest absolute Gasteiger partial charge is 0.496 e. The van der Waals surface area contributed by atoms with E-state index in [1.807, 2.05) is 6.07 Å². The first-order chi connectivity index (χ1) is 8.08. The molecule has 0 saturated heterocycles. The summed E-state index contributed by atoms with van der Waals surface area (Å²) in [6.45, 7) is 0.685. The van der Waals surface area contributed by atoms with Gasteiger partial charge in [-0.3, -0.25) is 15.0 Å². The Balaban J connectivity index is 2.98. The van der Waals surface area contributed by atoms with Crippen LogP contribution in [0.25, 0.3) is 0 Å². The second kappa shape index (κ2) is 5.82. The highest BCUT2D eigenvalue weighted by atomic mass is 16.6. The molecule has 0 saturated carbocycles. The summed E-state index contributed by atoms with van der Waals surface area (Å²) in [5, 5.41) is 19.2. The number of hydrogen-bond donors (Lipinski definition) is 0. The maximum atomic E-state index is 10.7. The van der Waals surface area contributed by atoms with E-state index in [1.165, 1.54) is 19.2 Å². The standard InChI is InChI=1S/C11H13N3O3/c1-13(6-5-12)8-9-7-10(14(15)16)3-4-11(9)17-2/h3-4,7H,6,8H2,1-2H3. The van der Waals surface area contributed by atoms with Crippen molar-refractivity contribution in [1.29, 1.82) is 5.26 Å². The van der Waals surface area contributed by atoms with Crippen molar-refractivity contribution in [3.8, 4) is 11.8 Å². The number of nitriles is 1. The lowest BCUT2D eigenvalue weighted by atomic mass is 10.1. The van der Waals surface area contributed by atoms with E-state index in [0.29, 0.717) is 17.9 Å². The minimum atomic E-state index is -0.451. The normalized spacial score (nSPS) is 10.0. The number of nitro groups is 1. The van der Waals surface area contributed by atoms with E-state index >= 15 is 0 Å². The minimum Gasteiger partial charge on any atom is -0.496 e. The molecule has 0 radical (unpaired) electrons. The Bertz CT molecular complexity index is 454. The molecular weight excluding hydrogens is 222 g/mol. The van der Waals surface area contributed by atoms with Crippen molar-refractivity contribution >= 4 is 5.69 Å². The molecule has 0 spiro atoms. The Morgan fingerprint density at radius 1 is 1.59 bits per heavy atom. The van der Waals surface area contributed by atoms with Crippen LogP contribution in [0.15, 0.2) is 18.2 Å². The van der Waals surface area contributed by atoms with E-state index in [4.69, 9.17) is 10.00 Å². The van der Waals surface area contributed by atoms with Crippen molar-refractivity contribution in [2.24, 2.45) is 0 Å². The molecular formula is C11H13N3O3. The number of methoxy groups -OCH3 is 1. The molecule has 0 aliphatic heterocycles. The van der Waals surface area contributed by atoms with Gasteiger partial charge in [-0.1, -0.05) is 0 Å². The zero-order valence-corrected chi connectivity index (χ0v) is 9.71. The lowest BCUT2D eigenvalue weighted by molar-refractivity contribution is -0.384. The molecule has 0 N–H and O–H groups in total. The van der Waals surface area contributed by atoms with Crippen LogP contribution in [0.1, 0.15) is 5.56 Å². The summed E-state index contributed by atoms with van der Waals surface area (Å²) >= 11 is 0. The number of rotatable bonds is 5. The van der Waals surface area contributed by atoms with Gasteiger partial charge in [0.05, 0.1) is 24.6 Å². The summed E-state index contributed by atoms with van der Waals surface area (Å²) in [5.74, 6) is 0.584. The van der Waals surface area contributed by atoms with Crippen LogP contribution in [0.3, 0.4) is 0 Å². The second-order valence-corrected chi connectivity index (χ2v) is 3.58. The predicted octanol–water partition coefficient (Wildman–Crippen LogP) is 1.56. The molecule has 0 amide bonds. The van der Waals surface area contributed by atoms with E-state index < -0.39 is 4.92 Å². The first-order valence-corrected chi connectivity index (χ1v) is 4.95. The Morgan fingerprint density at radius 3 is 2.82 bits per heavy atom. The van der Waals surface area contributed by atoms with Crippen LogP contribution in [0.5, 0.6) is 5.75 Å². The molecule has 1 aromatic rings. The zero-order chi connectivity index (χ0) is 12.8. The van der Waals surface area contributed by atoms with E-state index in [1.54, 1.807) is 18.0 Å². The number of hydrogen-bond acceptors (Lipinski definition) is 5. The third-order valence-corrected chi connectivity index (χ3v) is 2.26. The fourth-order valence-electron chi connectivity index (χ4n) is 1.47. The van der Waals surface area contributed by atoms with Gasteiger partial charge in [0.25, 0.3) is 5.69 Å². The SMILES string of the molecule is COc1ccc([N+](=O)[O-])cc1CN(C)CC#N. The molecule has 0 atom stereocenters. The van der Waals surface area contributed by atoms with Gasteiger partial charge in [0, 0.05) is 24.2 Å². The van der Waals surface area contributed by atoms with Gasteiger partial charge in [-0.15, -0.1) is 0 Å². The number of ether oxygens (including phenoxy) is 1. The molecule has 0 bridgehead atoms. The Kier molecular flexibility index (Phi) is 4.43. The molecule has 0 aromatic heterocycles. The molecule has 6 heteroatoms. The summed E-state index contributed by atoms with van der Waals surface area (Å²) in [5.41, 5.74) is 0.714. The first kappa shape index (κ1) is 12.9. The van der Waals surface area contributed by atoms with Gasteiger partial charge in [0.15, 0.2) is 0 Å². The minimum absolute atomic E-state index is 0.0196. The quantitative estimate of drug-likeness (QED) is 0.439. The summed E-state index contributed by atoms with van der Waals surface area (Å²) in [4.78, 5) is 12.0. The topological polar surface area (TPSA) is 79.4 Å². The smallest absolute Gasteiger partial charge is 0.270 e. The van der Waals surface area contributed by atoms with Crippen molar-refractivity contribution in [3.05, 3.63) is 33.9 Å². The van der Waals surface area contributed by atoms with Gasteiger partial charge in [0.1, 0.15) is 5.75 Å². The van der Waals surface area contributed by atoms with Gasteiger partial charge in [-0.2, -0.15) is 5.26 Å². The molecule has 1 rings (SSSR count). The maximum Gasteiger partial charge on any atom is 0.270 e. The van der Waals surface area contributed by atoms with E-state index in [-0.39, 0.29) is 12.2 Å². The van der Waals surface area contributed by atoms with Gasteiger partial charge >= 0.3 is 0 Å². The maximum absolute atomic E-state index is 10.7. The molecule has 6 nitrogen and oxygen atoms in total. The van der Waals surface area contributed by atoms with Crippen molar-refractivity contribution in [1.82, 2.24) is 4.90 Å². The molecule has 0 unspecified atom stereocenters. The van der Waals surface area contributed by atoms with Crippen LogP contribution >= 0.6 is 0 Å². The number of benzene rings is 1. The predicted molar refractivity (Wildman–Crippen MR) is 61.6 cm³/mol. The van der Waals surface area contributed by atoms with Crippen LogP contribution in [0, 0.1) is 21.4 Å². The highest BCUT2D eigenvalue weighted by Crippen LogP contribution is 2.24. The lowest BCUT2D eigenvalue weighted by Crippen LogP contribution is -2.18. The molecule has 0 heterocycles. The molecule has 17 heavy (non-hydrogen) atoms. The number of nitro benzene ring substituents is 1. The van der Waals surface area contributed by atoms with Crippen molar-refractivity contribution < 1.29 is 9.66 Å². The lowest BCUT2D eigenvalue weighted by Gasteiger charge is -2.14. The first-order valence-electron chi connectivity index (χ1n) is 4.95. The zero-order valence-electron chi connectivity index (χ0n) is 9.71. The van der Waals surface area contributed by atoms with E-state index in [0.717, 1.165) is 0 Å². The third kappa shape index (κ3) is 3.43. The van der Waals surface area contributed by atoms with Crippen LogP contribution in [0.2, 0.25) is 0 Å². The molecule has 0 aliphatic carbocycles. The Morgan fingerprint density at radius 2 is 2.29 bits per heavy atom. The van der Waals surface area contributed by atoms with E-state index in [9.17, 15) is 10.1 Å². The third-order valence-electron chi connectivity index (χ3n) is 2.26. The van der Waals surface area contributed by atoms with Crippen molar-refractivity contribution in [3.63, 3.8) is 0 Å². The fraction of sp³-hybridized carbons (Fsp3) is 0.364. The summed E-state index contributed by atoms with van der Waals surface area (Å²) in [7, 11) is 3.27.